The third kappa shape index (κ3) is 4.08. The molecular weight excluding hydrogens is 368 g/mol. The van der Waals surface area contributed by atoms with E-state index in [-0.39, 0.29) is 11.7 Å². The Morgan fingerprint density at radius 1 is 1.27 bits per heavy atom. The quantitative estimate of drug-likeness (QED) is 0.597. The molecule has 2 aromatic heterocycles. The number of rotatable bonds is 8. The number of para-hydroxylation sites is 2. The maximum Gasteiger partial charge on any atom is 0.230 e. The highest BCUT2D eigenvalue weighted by Gasteiger charge is 2.20. The van der Waals surface area contributed by atoms with Crippen molar-refractivity contribution >= 4 is 29.0 Å². The summed E-state index contributed by atoms with van der Waals surface area (Å²) >= 11 is 2.96. The third-order valence-corrected chi connectivity index (χ3v) is 5.40. The van der Waals surface area contributed by atoms with E-state index in [1.807, 2.05) is 53.3 Å². The number of amides is 1. The second-order valence-electron chi connectivity index (χ2n) is 5.43. The van der Waals surface area contributed by atoms with Gasteiger partial charge in [-0.3, -0.25) is 9.36 Å². The number of ether oxygens (including phenoxy) is 1. The molecule has 26 heavy (non-hydrogen) atoms. The second-order valence-corrected chi connectivity index (χ2v) is 7.32. The number of nitrogens with one attached hydrogen (secondary N) is 1. The largest absolute Gasteiger partial charge is 0.495 e. The predicted molar refractivity (Wildman–Crippen MR) is 105 cm³/mol. The summed E-state index contributed by atoms with van der Waals surface area (Å²) in [5.41, 5.74) is 0.847. The normalized spacial score (nSPS) is 10.7. The van der Waals surface area contributed by atoms with Gasteiger partial charge in [-0.05, 0) is 30.0 Å². The minimum Gasteiger partial charge on any atom is -0.495 e. The highest BCUT2D eigenvalue weighted by molar-refractivity contribution is 7.99. The Balaban J connectivity index is 1.96. The van der Waals surface area contributed by atoms with E-state index in [1.165, 1.54) is 11.8 Å². The topological polar surface area (TPSA) is 69.0 Å². The molecule has 0 radical (unpaired) electrons. The Kier molecular flexibility index (Phi) is 6.30. The molecule has 1 N–H and O–H groups in total. The van der Waals surface area contributed by atoms with Crippen LogP contribution in [-0.4, -0.2) is 40.1 Å². The van der Waals surface area contributed by atoms with Crippen LogP contribution in [0.4, 0.5) is 0 Å². The number of nitrogens with zero attached hydrogens (tertiary/aromatic N) is 3. The van der Waals surface area contributed by atoms with Gasteiger partial charge in [0.05, 0.1) is 23.4 Å². The average molecular weight is 389 g/mol. The van der Waals surface area contributed by atoms with Gasteiger partial charge in [0.25, 0.3) is 0 Å². The number of carbonyl (C=O) groups is 1. The number of hydrogen-bond acceptors (Lipinski definition) is 6. The lowest BCUT2D eigenvalue weighted by Gasteiger charge is -2.13. The highest BCUT2D eigenvalue weighted by Crippen LogP contribution is 2.33. The van der Waals surface area contributed by atoms with Gasteiger partial charge in [0.2, 0.25) is 5.91 Å². The Morgan fingerprint density at radius 2 is 2.12 bits per heavy atom. The molecule has 1 aromatic carbocycles. The van der Waals surface area contributed by atoms with Crippen molar-refractivity contribution in [3.63, 3.8) is 0 Å². The fourth-order valence-corrected chi connectivity index (χ4v) is 3.88. The van der Waals surface area contributed by atoms with Gasteiger partial charge in [0.1, 0.15) is 5.75 Å². The van der Waals surface area contributed by atoms with Crippen molar-refractivity contribution in [3.8, 4) is 22.1 Å². The van der Waals surface area contributed by atoms with Crippen LogP contribution < -0.4 is 10.1 Å². The predicted octanol–water partition coefficient (Wildman–Crippen LogP) is 3.62. The fraction of sp³-hybridized carbons (Fsp3) is 0.278. The number of methoxy groups -OCH3 is 1. The molecule has 0 fully saturated rings. The number of aromatic nitrogens is 3. The van der Waals surface area contributed by atoms with Crippen LogP contribution >= 0.6 is 23.1 Å². The molecule has 0 aliphatic carbocycles. The SMILES string of the molecule is CCCNC(=O)CSc1nnc(-c2cccs2)n1-c1ccccc1OC. The first-order chi connectivity index (χ1) is 12.7. The molecule has 0 spiro atoms. The van der Waals surface area contributed by atoms with Crippen LogP contribution in [-0.2, 0) is 4.79 Å². The van der Waals surface area contributed by atoms with Crippen molar-refractivity contribution < 1.29 is 9.53 Å². The van der Waals surface area contributed by atoms with Gasteiger partial charge < -0.3 is 10.1 Å². The first-order valence-electron chi connectivity index (χ1n) is 8.26. The molecule has 8 heteroatoms. The minimum atomic E-state index is -0.0101. The van der Waals surface area contributed by atoms with Crippen molar-refractivity contribution in [1.82, 2.24) is 20.1 Å². The van der Waals surface area contributed by atoms with E-state index in [0.29, 0.717) is 11.7 Å². The fourth-order valence-electron chi connectivity index (χ4n) is 2.41. The van der Waals surface area contributed by atoms with E-state index in [2.05, 4.69) is 15.5 Å². The molecule has 0 unspecified atom stereocenters. The zero-order valence-electron chi connectivity index (χ0n) is 14.6. The maximum atomic E-state index is 12.0. The Hall–Kier alpha value is -2.32. The van der Waals surface area contributed by atoms with E-state index in [0.717, 1.165) is 28.6 Å². The molecule has 0 aliphatic rings. The van der Waals surface area contributed by atoms with Gasteiger partial charge >= 0.3 is 0 Å². The number of hydrogen-bond donors (Lipinski definition) is 1. The Labute approximate surface area is 160 Å². The molecule has 0 aliphatic heterocycles. The molecule has 0 atom stereocenters. The van der Waals surface area contributed by atoms with Crippen molar-refractivity contribution in [3.05, 3.63) is 41.8 Å². The van der Waals surface area contributed by atoms with Crippen LogP contribution in [0, 0.1) is 0 Å². The van der Waals surface area contributed by atoms with Crippen LogP contribution in [0.5, 0.6) is 5.75 Å². The number of benzene rings is 1. The lowest BCUT2D eigenvalue weighted by Crippen LogP contribution is -2.25. The number of thioether (sulfide) groups is 1. The smallest absolute Gasteiger partial charge is 0.230 e. The molecule has 1 amide bonds. The third-order valence-electron chi connectivity index (χ3n) is 3.61. The monoisotopic (exact) mass is 388 g/mol. The van der Waals surface area contributed by atoms with Crippen LogP contribution in [0.1, 0.15) is 13.3 Å². The summed E-state index contributed by atoms with van der Waals surface area (Å²) in [5.74, 6) is 1.74. The Bertz CT molecular complexity index is 862. The molecule has 6 nitrogen and oxygen atoms in total. The van der Waals surface area contributed by atoms with Gasteiger partial charge in [-0.15, -0.1) is 21.5 Å². The number of thiophene rings is 1. The van der Waals surface area contributed by atoms with E-state index in [9.17, 15) is 4.79 Å². The molecule has 0 saturated heterocycles. The van der Waals surface area contributed by atoms with Crippen molar-refractivity contribution in [2.75, 3.05) is 19.4 Å². The average Bonchev–Trinajstić information content (AvgIpc) is 3.33. The van der Waals surface area contributed by atoms with Crippen LogP contribution in [0.25, 0.3) is 16.4 Å². The van der Waals surface area contributed by atoms with Gasteiger partial charge in [-0.1, -0.05) is 36.9 Å². The van der Waals surface area contributed by atoms with Gasteiger partial charge in [-0.2, -0.15) is 0 Å². The summed E-state index contributed by atoms with van der Waals surface area (Å²) in [5, 5.41) is 14.2. The summed E-state index contributed by atoms with van der Waals surface area (Å²) in [6.45, 7) is 2.71. The van der Waals surface area contributed by atoms with Crippen molar-refractivity contribution in [1.29, 1.82) is 0 Å². The zero-order chi connectivity index (χ0) is 18.4. The summed E-state index contributed by atoms with van der Waals surface area (Å²) < 4.78 is 7.46. The molecule has 3 aromatic rings. The number of carbonyl (C=O) groups excluding carboxylic acids is 1. The Morgan fingerprint density at radius 3 is 2.85 bits per heavy atom. The first kappa shape index (κ1) is 18.5. The minimum absolute atomic E-state index is 0.0101. The van der Waals surface area contributed by atoms with E-state index < -0.39 is 0 Å². The van der Waals surface area contributed by atoms with Crippen molar-refractivity contribution in [2.45, 2.75) is 18.5 Å². The summed E-state index contributed by atoms with van der Waals surface area (Å²) in [6, 6.07) is 11.7. The van der Waals surface area contributed by atoms with Crippen molar-refractivity contribution in [2.24, 2.45) is 0 Å². The lowest BCUT2D eigenvalue weighted by molar-refractivity contribution is -0.118. The molecule has 136 valence electrons. The van der Waals surface area contributed by atoms with Crippen LogP contribution in [0.3, 0.4) is 0 Å². The van der Waals surface area contributed by atoms with E-state index in [4.69, 9.17) is 4.74 Å². The van der Waals surface area contributed by atoms with E-state index in [1.54, 1.807) is 18.4 Å². The van der Waals surface area contributed by atoms with Gasteiger partial charge in [0.15, 0.2) is 11.0 Å². The van der Waals surface area contributed by atoms with E-state index >= 15 is 0 Å². The first-order valence-corrected chi connectivity index (χ1v) is 10.1. The van der Waals surface area contributed by atoms with Crippen LogP contribution in [0.15, 0.2) is 46.9 Å². The molecule has 2 heterocycles. The summed E-state index contributed by atoms with van der Waals surface area (Å²) in [4.78, 5) is 13.0. The highest BCUT2D eigenvalue weighted by atomic mass is 32.2. The summed E-state index contributed by atoms with van der Waals surface area (Å²) in [6.07, 6.45) is 0.913. The van der Waals surface area contributed by atoms with Gasteiger partial charge in [-0.25, -0.2) is 0 Å². The molecule has 3 rings (SSSR count). The molecule has 0 bridgehead atoms. The lowest BCUT2D eigenvalue weighted by atomic mass is 10.3. The maximum absolute atomic E-state index is 12.0. The summed E-state index contributed by atoms with van der Waals surface area (Å²) in [7, 11) is 1.64. The molecule has 0 saturated carbocycles. The molecular formula is C18H20N4O2S2. The standard InChI is InChI=1S/C18H20N4O2S2/c1-3-10-19-16(23)12-26-18-21-20-17(15-9-6-11-25-15)22(18)13-7-4-5-8-14(13)24-2/h4-9,11H,3,10,12H2,1-2H3,(H,19,23). The van der Waals surface area contributed by atoms with Crippen LogP contribution in [0.2, 0.25) is 0 Å². The van der Waals surface area contributed by atoms with Gasteiger partial charge in [0, 0.05) is 6.54 Å². The second kappa shape index (κ2) is 8.86. The zero-order valence-corrected chi connectivity index (χ0v) is 16.3.